The third kappa shape index (κ3) is 2.53. The van der Waals surface area contributed by atoms with Crippen LogP contribution in [-0.4, -0.2) is 36.4 Å². The summed E-state index contributed by atoms with van der Waals surface area (Å²) in [5.41, 5.74) is 0.0298. The number of aliphatic carboxylic acids is 1. The first-order valence-electron chi connectivity index (χ1n) is 6.22. The lowest BCUT2D eigenvalue weighted by molar-refractivity contribution is -0.142. The second-order valence-electron chi connectivity index (χ2n) is 4.57. The number of carboxylic acid groups (broad SMARTS) is 1. The predicted octanol–water partition coefficient (Wildman–Crippen LogP) is 1.19. The van der Waals surface area contributed by atoms with Gasteiger partial charge in [0.05, 0.1) is 10.5 Å². The Balaban J connectivity index is 2.48. The Morgan fingerprint density at radius 1 is 1.35 bits per heavy atom. The van der Waals surface area contributed by atoms with E-state index >= 15 is 0 Å². The lowest BCUT2D eigenvalue weighted by Crippen LogP contribution is -2.47. The van der Waals surface area contributed by atoms with Crippen molar-refractivity contribution in [1.82, 2.24) is 4.31 Å². The molecule has 6 nitrogen and oxygen atoms in total. The summed E-state index contributed by atoms with van der Waals surface area (Å²) in [6.45, 7) is 0.166. The molecule has 0 radical (unpaired) electrons. The van der Waals surface area contributed by atoms with Gasteiger partial charge in [-0.1, -0.05) is 12.1 Å². The van der Waals surface area contributed by atoms with E-state index in [9.17, 15) is 18.3 Å². The number of hydrogen-bond donors (Lipinski definition) is 1. The quantitative estimate of drug-likeness (QED) is 0.902. The molecule has 0 saturated carbocycles. The van der Waals surface area contributed by atoms with Gasteiger partial charge in [0.1, 0.15) is 12.1 Å². The molecule has 1 atom stereocenters. The Morgan fingerprint density at radius 3 is 2.70 bits per heavy atom. The highest BCUT2D eigenvalue weighted by Gasteiger charge is 2.38. The van der Waals surface area contributed by atoms with Gasteiger partial charge in [-0.15, -0.1) is 0 Å². The number of sulfonamides is 1. The summed E-state index contributed by atoms with van der Waals surface area (Å²) in [5.74, 6) is -1.15. The maximum atomic E-state index is 12.6. The molecule has 0 unspecified atom stereocenters. The molecule has 106 valence electrons. The van der Waals surface area contributed by atoms with E-state index in [-0.39, 0.29) is 17.0 Å². The van der Waals surface area contributed by atoms with Gasteiger partial charge in [-0.05, 0) is 31.4 Å². The van der Waals surface area contributed by atoms with Crippen molar-refractivity contribution >= 4 is 16.0 Å². The Hall–Kier alpha value is -1.91. The molecule has 0 bridgehead atoms. The maximum Gasteiger partial charge on any atom is 0.322 e. The van der Waals surface area contributed by atoms with Crippen LogP contribution in [0.25, 0.3) is 0 Å². The summed E-state index contributed by atoms with van der Waals surface area (Å²) in [6, 6.07) is 6.61. The van der Waals surface area contributed by atoms with Gasteiger partial charge in [-0.25, -0.2) is 8.42 Å². The van der Waals surface area contributed by atoms with Crippen LogP contribution in [0.4, 0.5) is 0 Å². The van der Waals surface area contributed by atoms with Crippen molar-refractivity contribution in [2.75, 3.05) is 6.54 Å². The van der Waals surface area contributed by atoms with Gasteiger partial charge in [-0.3, -0.25) is 4.79 Å². The molecule has 1 aromatic rings. The lowest BCUT2D eigenvalue weighted by Gasteiger charge is -2.32. The van der Waals surface area contributed by atoms with Crippen LogP contribution in [0, 0.1) is 11.3 Å². The van der Waals surface area contributed by atoms with Crippen molar-refractivity contribution in [2.45, 2.75) is 30.2 Å². The summed E-state index contributed by atoms with van der Waals surface area (Å²) in [5, 5.41) is 18.2. The number of rotatable bonds is 3. The lowest BCUT2D eigenvalue weighted by atomic mass is 10.1. The number of nitriles is 1. The topological polar surface area (TPSA) is 98.5 Å². The fraction of sp³-hybridized carbons (Fsp3) is 0.385. The molecule has 2 rings (SSSR count). The highest BCUT2D eigenvalue weighted by molar-refractivity contribution is 7.89. The zero-order valence-corrected chi connectivity index (χ0v) is 11.5. The standard InChI is InChI=1S/C13H14N2O4S/c14-9-10-5-1-2-7-12(10)20(18,19)15-8-4-3-6-11(15)13(16)17/h1-2,5,7,11H,3-4,6,8H2,(H,16,17)/t11-/m1/s1. The average molecular weight is 294 g/mol. The Morgan fingerprint density at radius 2 is 2.05 bits per heavy atom. The van der Waals surface area contributed by atoms with Crippen LogP contribution in [0.3, 0.4) is 0 Å². The van der Waals surface area contributed by atoms with Crippen molar-refractivity contribution in [3.05, 3.63) is 29.8 Å². The Labute approximate surface area is 117 Å². The average Bonchev–Trinajstić information content (AvgIpc) is 2.47. The summed E-state index contributed by atoms with van der Waals surface area (Å²) >= 11 is 0. The van der Waals surface area contributed by atoms with Crippen molar-refractivity contribution in [1.29, 1.82) is 5.26 Å². The summed E-state index contributed by atoms with van der Waals surface area (Å²) < 4.78 is 26.2. The molecule has 1 saturated heterocycles. The van der Waals surface area contributed by atoms with Gasteiger partial charge in [0.15, 0.2) is 0 Å². The fourth-order valence-electron chi connectivity index (χ4n) is 2.35. The molecule has 0 spiro atoms. The third-order valence-electron chi connectivity index (χ3n) is 3.33. The van der Waals surface area contributed by atoms with Crippen LogP contribution in [0.1, 0.15) is 24.8 Å². The minimum absolute atomic E-state index is 0.0298. The molecular formula is C13H14N2O4S. The molecule has 20 heavy (non-hydrogen) atoms. The maximum absolute atomic E-state index is 12.6. The summed E-state index contributed by atoms with van der Waals surface area (Å²) in [6.07, 6.45) is 1.60. The van der Waals surface area contributed by atoms with E-state index in [1.807, 2.05) is 6.07 Å². The van der Waals surface area contributed by atoms with Crippen molar-refractivity contribution < 1.29 is 18.3 Å². The first-order chi connectivity index (χ1) is 9.48. The van der Waals surface area contributed by atoms with Crippen LogP contribution in [0.2, 0.25) is 0 Å². The first kappa shape index (κ1) is 14.5. The number of carbonyl (C=O) groups is 1. The number of nitrogens with zero attached hydrogens (tertiary/aromatic N) is 2. The molecule has 0 amide bonds. The van der Waals surface area contributed by atoms with Gasteiger partial charge in [0.25, 0.3) is 0 Å². The van der Waals surface area contributed by atoms with Gasteiger partial charge in [0, 0.05) is 6.54 Å². The van der Waals surface area contributed by atoms with Crippen LogP contribution in [0.5, 0.6) is 0 Å². The second-order valence-corrected chi connectivity index (χ2v) is 6.43. The van der Waals surface area contributed by atoms with Gasteiger partial charge in [-0.2, -0.15) is 9.57 Å². The van der Waals surface area contributed by atoms with Gasteiger partial charge in [0.2, 0.25) is 10.0 Å². The number of benzene rings is 1. The monoisotopic (exact) mass is 294 g/mol. The minimum atomic E-state index is -3.97. The van der Waals surface area contributed by atoms with Crippen molar-refractivity contribution in [3.63, 3.8) is 0 Å². The SMILES string of the molecule is N#Cc1ccccc1S(=O)(=O)N1CCCC[C@@H]1C(=O)O. The second kappa shape index (κ2) is 5.61. The number of carboxylic acids is 1. The molecule has 1 N–H and O–H groups in total. The van der Waals surface area contributed by atoms with Crippen LogP contribution >= 0.6 is 0 Å². The van der Waals surface area contributed by atoms with E-state index in [0.29, 0.717) is 19.3 Å². The number of piperidine rings is 1. The molecule has 1 aliphatic heterocycles. The van der Waals surface area contributed by atoms with Crippen molar-refractivity contribution in [3.8, 4) is 6.07 Å². The minimum Gasteiger partial charge on any atom is -0.480 e. The van der Waals surface area contributed by atoms with Crippen LogP contribution in [-0.2, 0) is 14.8 Å². The number of hydrogen-bond acceptors (Lipinski definition) is 4. The van der Waals surface area contributed by atoms with Crippen LogP contribution in [0.15, 0.2) is 29.2 Å². The highest BCUT2D eigenvalue weighted by Crippen LogP contribution is 2.27. The van der Waals surface area contributed by atoms with E-state index in [2.05, 4.69) is 0 Å². The molecule has 0 aliphatic carbocycles. The molecule has 1 aromatic carbocycles. The van der Waals surface area contributed by atoms with E-state index in [4.69, 9.17) is 5.26 Å². The smallest absolute Gasteiger partial charge is 0.322 e. The van der Waals surface area contributed by atoms with E-state index in [1.165, 1.54) is 18.2 Å². The van der Waals surface area contributed by atoms with Crippen LogP contribution < -0.4 is 0 Å². The Kier molecular flexibility index (Phi) is 4.06. The van der Waals surface area contributed by atoms with Crippen molar-refractivity contribution in [2.24, 2.45) is 0 Å². The summed E-state index contributed by atoms with van der Waals surface area (Å²) in [7, 11) is -3.97. The third-order valence-corrected chi connectivity index (χ3v) is 5.30. The molecule has 1 aliphatic rings. The summed E-state index contributed by atoms with van der Waals surface area (Å²) in [4.78, 5) is 11.1. The van der Waals surface area contributed by atoms with Gasteiger partial charge < -0.3 is 5.11 Å². The predicted molar refractivity (Wildman–Crippen MR) is 70.3 cm³/mol. The van der Waals surface area contributed by atoms with E-state index in [0.717, 1.165) is 4.31 Å². The molecule has 1 heterocycles. The highest BCUT2D eigenvalue weighted by atomic mass is 32.2. The zero-order chi connectivity index (χ0) is 14.8. The fourth-order valence-corrected chi connectivity index (χ4v) is 4.14. The Bertz CT molecular complexity index is 663. The largest absolute Gasteiger partial charge is 0.480 e. The first-order valence-corrected chi connectivity index (χ1v) is 7.66. The molecular weight excluding hydrogens is 280 g/mol. The molecule has 1 fully saturated rings. The molecule has 7 heteroatoms. The van der Waals surface area contributed by atoms with E-state index in [1.54, 1.807) is 6.07 Å². The zero-order valence-electron chi connectivity index (χ0n) is 10.7. The van der Waals surface area contributed by atoms with E-state index < -0.39 is 22.0 Å². The normalized spacial score (nSPS) is 20.2. The van der Waals surface area contributed by atoms with Gasteiger partial charge >= 0.3 is 5.97 Å². The molecule has 0 aromatic heterocycles.